The molecule has 19 heavy (non-hydrogen) atoms. The molecule has 0 aromatic carbocycles. The maximum atomic E-state index is 10.9. The third-order valence-corrected chi connectivity index (χ3v) is 2.81. The summed E-state index contributed by atoms with van der Waals surface area (Å²) in [4.78, 5) is 19.4. The van der Waals surface area contributed by atoms with E-state index in [0.717, 1.165) is 5.69 Å². The molecule has 2 heterocycles. The first-order chi connectivity index (χ1) is 9.08. The average Bonchev–Trinajstić information content (AvgIpc) is 2.39. The fourth-order valence-electron chi connectivity index (χ4n) is 1.80. The van der Waals surface area contributed by atoms with Gasteiger partial charge in [0.25, 0.3) is 0 Å². The second-order valence-corrected chi connectivity index (χ2v) is 4.26. The van der Waals surface area contributed by atoms with Crippen molar-refractivity contribution in [1.82, 2.24) is 9.97 Å². The van der Waals surface area contributed by atoms with E-state index in [0.29, 0.717) is 11.5 Å². The molecular formula is C14H15N3O2. The van der Waals surface area contributed by atoms with Gasteiger partial charge in [0.2, 0.25) is 0 Å². The van der Waals surface area contributed by atoms with Crippen molar-refractivity contribution >= 4 is 11.8 Å². The number of aromatic nitrogens is 2. The summed E-state index contributed by atoms with van der Waals surface area (Å²) in [6, 6.07) is 8.93. The second kappa shape index (κ2) is 5.48. The lowest BCUT2D eigenvalue weighted by Crippen LogP contribution is -2.11. The number of pyridine rings is 2. The summed E-state index contributed by atoms with van der Waals surface area (Å²) in [6.45, 7) is 3.66. The lowest BCUT2D eigenvalue weighted by molar-refractivity contribution is 0.0695. The van der Waals surface area contributed by atoms with Crippen LogP contribution in [0.4, 0.5) is 5.82 Å². The van der Waals surface area contributed by atoms with Crippen LogP contribution in [0.25, 0.3) is 0 Å². The van der Waals surface area contributed by atoms with Gasteiger partial charge >= 0.3 is 5.97 Å². The Bertz CT molecular complexity index is 584. The fraction of sp³-hybridized carbons (Fsp3) is 0.214. The maximum absolute atomic E-state index is 10.9. The zero-order valence-electron chi connectivity index (χ0n) is 10.8. The Labute approximate surface area is 111 Å². The molecule has 5 nitrogen and oxygen atoms in total. The van der Waals surface area contributed by atoms with Crippen molar-refractivity contribution in [3.8, 4) is 0 Å². The van der Waals surface area contributed by atoms with Gasteiger partial charge in [-0.1, -0.05) is 6.07 Å². The molecule has 0 aliphatic carbocycles. The Morgan fingerprint density at radius 1 is 1.32 bits per heavy atom. The Morgan fingerprint density at radius 3 is 2.68 bits per heavy atom. The molecule has 2 rings (SSSR count). The van der Waals surface area contributed by atoms with Crippen LogP contribution in [0.15, 0.2) is 36.5 Å². The number of nitrogens with one attached hydrogen (secondary N) is 1. The van der Waals surface area contributed by atoms with Gasteiger partial charge in [-0.3, -0.25) is 4.98 Å². The number of hydrogen-bond donors (Lipinski definition) is 2. The van der Waals surface area contributed by atoms with Crippen molar-refractivity contribution in [2.45, 2.75) is 19.9 Å². The first kappa shape index (κ1) is 13.0. The van der Waals surface area contributed by atoms with Crippen molar-refractivity contribution in [2.75, 3.05) is 5.32 Å². The van der Waals surface area contributed by atoms with Crippen LogP contribution in [0, 0.1) is 6.92 Å². The summed E-state index contributed by atoms with van der Waals surface area (Å²) < 4.78 is 0. The van der Waals surface area contributed by atoms with Crippen LogP contribution < -0.4 is 5.32 Å². The van der Waals surface area contributed by atoms with Gasteiger partial charge in [-0.05, 0) is 38.1 Å². The average molecular weight is 257 g/mol. The molecule has 0 radical (unpaired) electrons. The smallest absolute Gasteiger partial charge is 0.337 e. The van der Waals surface area contributed by atoms with E-state index in [-0.39, 0.29) is 11.6 Å². The molecule has 0 spiro atoms. The number of aryl methyl sites for hydroxylation is 1. The van der Waals surface area contributed by atoms with Gasteiger partial charge in [-0.25, -0.2) is 9.78 Å². The number of rotatable bonds is 4. The van der Waals surface area contributed by atoms with E-state index < -0.39 is 5.97 Å². The quantitative estimate of drug-likeness (QED) is 0.880. The highest BCUT2D eigenvalue weighted by atomic mass is 16.4. The van der Waals surface area contributed by atoms with Gasteiger partial charge in [-0.2, -0.15) is 0 Å². The van der Waals surface area contributed by atoms with Crippen molar-refractivity contribution < 1.29 is 9.90 Å². The van der Waals surface area contributed by atoms with Crippen LogP contribution >= 0.6 is 0 Å². The van der Waals surface area contributed by atoms with Gasteiger partial charge in [0.15, 0.2) is 0 Å². The maximum Gasteiger partial charge on any atom is 0.337 e. The van der Waals surface area contributed by atoms with Gasteiger partial charge in [0.1, 0.15) is 5.82 Å². The zero-order valence-corrected chi connectivity index (χ0v) is 10.8. The molecule has 1 unspecified atom stereocenters. The Kier molecular flexibility index (Phi) is 3.75. The molecule has 2 aromatic rings. The van der Waals surface area contributed by atoms with Gasteiger partial charge in [0.05, 0.1) is 23.0 Å². The fourth-order valence-corrected chi connectivity index (χ4v) is 1.80. The lowest BCUT2D eigenvalue weighted by atomic mass is 10.2. The third kappa shape index (κ3) is 3.07. The molecule has 1 atom stereocenters. The molecule has 0 amide bonds. The standard InChI is InChI=1S/C14H15N3O2/c1-9-11(14(18)19)6-7-13(16-9)17-10(2)12-5-3-4-8-15-12/h3-8,10H,1-2H3,(H,16,17)(H,18,19). The van der Waals surface area contributed by atoms with Crippen molar-refractivity contribution in [1.29, 1.82) is 0 Å². The lowest BCUT2D eigenvalue weighted by Gasteiger charge is -2.14. The summed E-state index contributed by atoms with van der Waals surface area (Å²) in [7, 11) is 0. The Balaban J connectivity index is 2.16. The Morgan fingerprint density at radius 2 is 2.11 bits per heavy atom. The summed E-state index contributed by atoms with van der Waals surface area (Å²) in [5.74, 6) is -0.324. The molecule has 5 heteroatoms. The van der Waals surface area contributed by atoms with E-state index in [1.807, 2.05) is 25.1 Å². The minimum absolute atomic E-state index is 0.00350. The topological polar surface area (TPSA) is 75.1 Å². The normalized spacial score (nSPS) is 11.9. The number of nitrogens with zero attached hydrogens (tertiary/aromatic N) is 2. The predicted octanol–water partition coefficient (Wildman–Crippen LogP) is 2.66. The molecular weight excluding hydrogens is 242 g/mol. The van der Waals surface area contributed by atoms with E-state index in [1.54, 1.807) is 25.3 Å². The highest BCUT2D eigenvalue weighted by Gasteiger charge is 2.11. The van der Waals surface area contributed by atoms with Gasteiger partial charge < -0.3 is 10.4 Å². The number of carboxylic acids is 1. The molecule has 0 saturated heterocycles. The van der Waals surface area contributed by atoms with Gasteiger partial charge in [0, 0.05) is 6.20 Å². The van der Waals surface area contributed by atoms with Crippen LogP contribution in [0.5, 0.6) is 0 Å². The number of hydrogen-bond acceptors (Lipinski definition) is 4. The zero-order chi connectivity index (χ0) is 13.8. The SMILES string of the molecule is Cc1nc(NC(C)c2ccccn2)ccc1C(=O)O. The summed E-state index contributed by atoms with van der Waals surface area (Å²) in [6.07, 6.45) is 1.74. The van der Waals surface area contributed by atoms with Gasteiger partial charge in [-0.15, -0.1) is 0 Å². The molecule has 0 aliphatic heterocycles. The van der Waals surface area contributed by atoms with E-state index in [2.05, 4.69) is 15.3 Å². The summed E-state index contributed by atoms with van der Waals surface area (Å²) in [5.41, 5.74) is 1.62. The predicted molar refractivity (Wildman–Crippen MR) is 72.2 cm³/mol. The minimum atomic E-state index is -0.964. The first-order valence-corrected chi connectivity index (χ1v) is 5.96. The molecule has 2 N–H and O–H groups in total. The Hall–Kier alpha value is -2.43. The van der Waals surface area contributed by atoms with E-state index >= 15 is 0 Å². The number of carbonyl (C=O) groups is 1. The highest BCUT2D eigenvalue weighted by molar-refractivity contribution is 5.89. The van der Waals surface area contributed by atoms with Crippen LogP contribution in [0.3, 0.4) is 0 Å². The molecule has 0 bridgehead atoms. The summed E-state index contributed by atoms with van der Waals surface area (Å²) >= 11 is 0. The van der Waals surface area contributed by atoms with Crippen molar-refractivity contribution in [2.24, 2.45) is 0 Å². The molecule has 0 aliphatic rings. The number of aromatic carboxylic acids is 1. The van der Waals surface area contributed by atoms with E-state index in [1.165, 1.54) is 0 Å². The third-order valence-electron chi connectivity index (χ3n) is 2.81. The van der Waals surface area contributed by atoms with Crippen LogP contribution in [-0.2, 0) is 0 Å². The van der Waals surface area contributed by atoms with Crippen LogP contribution in [0.1, 0.15) is 34.7 Å². The van der Waals surface area contributed by atoms with Crippen LogP contribution in [0.2, 0.25) is 0 Å². The van der Waals surface area contributed by atoms with E-state index in [4.69, 9.17) is 5.11 Å². The molecule has 98 valence electrons. The largest absolute Gasteiger partial charge is 0.478 e. The summed E-state index contributed by atoms with van der Waals surface area (Å²) in [5, 5.41) is 12.1. The number of anilines is 1. The molecule has 0 fully saturated rings. The van der Waals surface area contributed by atoms with Crippen molar-refractivity contribution in [3.05, 3.63) is 53.5 Å². The monoisotopic (exact) mass is 257 g/mol. The minimum Gasteiger partial charge on any atom is -0.478 e. The highest BCUT2D eigenvalue weighted by Crippen LogP contribution is 2.17. The second-order valence-electron chi connectivity index (χ2n) is 4.26. The van der Waals surface area contributed by atoms with Crippen molar-refractivity contribution in [3.63, 3.8) is 0 Å². The van der Waals surface area contributed by atoms with E-state index in [9.17, 15) is 4.79 Å². The number of carboxylic acid groups (broad SMARTS) is 1. The molecule has 0 saturated carbocycles. The first-order valence-electron chi connectivity index (χ1n) is 5.96. The molecule has 2 aromatic heterocycles. The van der Waals surface area contributed by atoms with Crippen LogP contribution in [-0.4, -0.2) is 21.0 Å².